The van der Waals surface area contributed by atoms with E-state index in [4.69, 9.17) is 0 Å². The lowest BCUT2D eigenvalue weighted by molar-refractivity contribution is -0.931. The number of hydrogen-bond acceptors (Lipinski definition) is 3. The van der Waals surface area contributed by atoms with E-state index in [-0.39, 0.29) is 12.5 Å². The molecule has 0 heterocycles. The molecular formula is C23H47NO3. The maximum Gasteiger partial charge on any atom is 0.105 e. The molecule has 0 fully saturated rings. The molecule has 0 aliphatic carbocycles. The fourth-order valence-electron chi connectivity index (χ4n) is 4.07. The normalized spacial score (nSPS) is 13.0. The SMILES string of the molecule is CCCCCCC(O)C[N+](CCCCC)(CCCCC)CCCCC(=O)[O-]. The molecule has 0 aromatic rings. The van der Waals surface area contributed by atoms with Gasteiger partial charge >= 0.3 is 0 Å². The molecule has 0 saturated carbocycles. The number of rotatable bonds is 20. The van der Waals surface area contributed by atoms with Crippen molar-refractivity contribution in [3.05, 3.63) is 0 Å². The molecule has 1 atom stereocenters. The minimum Gasteiger partial charge on any atom is -0.550 e. The van der Waals surface area contributed by atoms with Gasteiger partial charge in [-0.25, -0.2) is 0 Å². The van der Waals surface area contributed by atoms with Crippen LogP contribution >= 0.6 is 0 Å². The monoisotopic (exact) mass is 385 g/mol. The molecule has 0 saturated heterocycles. The molecule has 1 N–H and O–H groups in total. The smallest absolute Gasteiger partial charge is 0.105 e. The zero-order valence-corrected chi connectivity index (χ0v) is 18.5. The van der Waals surface area contributed by atoms with Crippen molar-refractivity contribution in [2.45, 2.75) is 117 Å². The number of carboxylic acid groups (broad SMARTS) is 1. The summed E-state index contributed by atoms with van der Waals surface area (Å²) in [6.45, 7) is 10.7. The molecule has 27 heavy (non-hydrogen) atoms. The van der Waals surface area contributed by atoms with Crippen LogP contribution in [0.15, 0.2) is 0 Å². The van der Waals surface area contributed by atoms with Crippen LogP contribution < -0.4 is 5.11 Å². The second kappa shape index (κ2) is 17.5. The van der Waals surface area contributed by atoms with Crippen LogP contribution in [0.1, 0.15) is 111 Å². The van der Waals surface area contributed by atoms with Gasteiger partial charge in [-0.2, -0.15) is 0 Å². The van der Waals surface area contributed by atoms with E-state index in [1.165, 1.54) is 57.8 Å². The molecule has 0 radical (unpaired) electrons. The minimum absolute atomic E-state index is 0.156. The predicted molar refractivity (Wildman–Crippen MR) is 112 cm³/mol. The Morgan fingerprint density at radius 3 is 1.74 bits per heavy atom. The van der Waals surface area contributed by atoms with E-state index < -0.39 is 5.97 Å². The van der Waals surface area contributed by atoms with E-state index in [0.717, 1.165) is 49.9 Å². The van der Waals surface area contributed by atoms with E-state index >= 15 is 0 Å². The van der Waals surface area contributed by atoms with Crippen LogP contribution in [0.25, 0.3) is 0 Å². The Bertz CT molecular complexity index is 337. The minimum atomic E-state index is -0.943. The highest BCUT2D eigenvalue weighted by molar-refractivity contribution is 5.64. The van der Waals surface area contributed by atoms with Crippen LogP contribution in [0.5, 0.6) is 0 Å². The molecule has 0 aliphatic heterocycles. The van der Waals surface area contributed by atoms with Gasteiger partial charge in [0.25, 0.3) is 0 Å². The topological polar surface area (TPSA) is 60.4 Å². The molecule has 0 spiro atoms. The first-order valence-corrected chi connectivity index (χ1v) is 11.7. The fraction of sp³-hybridized carbons (Fsp3) is 0.957. The summed E-state index contributed by atoms with van der Waals surface area (Å²) in [5.41, 5.74) is 0. The fourth-order valence-corrected chi connectivity index (χ4v) is 4.07. The molecule has 0 rings (SSSR count). The lowest BCUT2D eigenvalue weighted by Gasteiger charge is -2.41. The molecule has 4 heteroatoms. The highest BCUT2D eigenvalue weighted by atomic mass is 16.4. The average Bonchev–Trinajstić information content (AvgIpc) is 2.63. The van der Waals surface area contributed by atoms with E-state index in [2.05, 4.69) is 20.8 Å². The molecule has 0 aromatic carbocycles. The van der Waals surface area contributed by atoms with Crippen molar-refractivity contribution in [2.24, 2.45) is 0 Å². The number of aliphatic hydroxyl groups is 1. The molecule has 0 bridgehead atoms. The standard InChI is InChI=1S/C23H47NO3/c1-4-7-10-11-16-22(25)21-24(18-13-8-5-2,19-14-9-6-3)20-15-12-17-23(26)27/h22,25H,4-21H2,1-3H3. The Morgan fingerprint density at radius 1 is 0.778 bits per heavy atom. The van der Waals surface area contributed by atoms with E-state index in [9.17, 15) is 15.0 Å². The number of nitrogens with zero attached hydrogens (tertiary/aromatic N) is 1. The van der Waals surface area contributed by atoms with Crippen molar-refractivity contribution in [1.29, 1.82) is 0 Å². The highest BCUT2D eigenvalue weighted by Gasteiger charge is 2.29. The van der Waals surface area contributed by atoms with Crippen molar-refractivity contribution in [3.63, 3.8) is 0 Å². The van der Waals surface area contributed by atoms with E-state index in [1.54, 1.807) is 0 Å². The number of aliphatic hydroxyl groups excluding tert-OH is 1. The third-order valence-corrected chi connectivity index (χ3v) is 5.72. The summed E-state index contributed by atoms with van der Waals surface area (Å²) in [5.74, 6) is -0.943. The van der Waals surface area contributed by atoms with Gasteiger partial charge in [0.15, 0.2) is 0 Å². The summed E-state index contributed by atoms with van der Waals surface area (Å²) in [6.07, 6.45) is 14.5. The molecule has 4 nitrogen and oxygen atoms in total. The van der Waals surface area contributed by atoms with Crippen molar-refractivity contribution in [1.82, 2.24) is 0 Å². The molecule has 0 amide bonds. The number of carboxylic acids is 1. The number of hydrogen-bond donors (Lipinski definition) is 1. The zero-order valence-electron chi connectivity index (χ0n) is 18.5. The molecule has 162 valence electrons. The third-order valence-electron chi connectivity index (χ3n) is 5.72. The largest absolute Gasteiger partial charge is 0.550 e. The first-order chi connectivity index (χ1) is 13.0. The predicted octanol–water partition coefficient (Wildman–Crippen LogP) is 4.44. The van der Waals surface area contributed by atoms with Crippen LogP contribution in [-0.4, -0.2) is 47.8 Å². The second-order valence-corrected chi connectivity index (χ2v) is 8.44. The Kier molecular flexibility index (Phi) is 17.1. The van der Waals surface area contributed by atoms with Crippen LogP contribution in [-0.2, 0) is 4.79 Å². The molecule has 0 aromatic heterocycles. The van der Waals surface area contributed by atoms with E-state index in [0.29, 0.717) is 6.42 Å². The number of carbonyl (C=O) groups is 1. The van der Waals surface area contributed by atoms with Gasteiger partial charge in [0.2, 0.25) is 0 Å². The number of quaternary nitrogens is 1. The van der Waals surface area contributed by atoms with Crippen LogP contribution in [0.2, 0.25) is 0 Å². The summed E-state index contributed by atoms with van der Waals surface area (Å²) >= 11 is 0. The Hall–Kier alpha value is -0.610. The van der Waals surface area contributed by atoms with Gasteiger partial charge in [-0.1, -0.05) is 59.3 Å². The third kappa shape index (κ3) is 15.0. The highest BCUT2D eigenvalue weighted by Crippen LogP contribution is 2.19. The van der Waals surface area contributed by atoms with Gasteiger partial charge in [-0.3, -0.25) is 0 Å². The second-order valence-electron chi connectivity index (χ2n) is 8.44. The van der Waals surface area contributed by atoms with Crippen molar-refractivity contribution in [2.75, 3.05) is 26.2 Å². The first kappa shape index (κ1) is 26.4. The molecule has 1 unspecified atom stereocenters. The molecule has 0 aliphatic rings. The van der Waals surface area contributed by atoms with Crippen molar-refractivity contribution in [3.8, 4) is 0 Å². The lowest BCUT2D eigenvalue weighted by atomic mass is 10.0. The summed E-state index contributed by atoms with van der Waals surface area (Å²) in [7, 11) is 0. The van der Waals surface area contributed by atoms with Gasteiger partial charge in [-0.05, 0) is 51.4 Å². The maximum absolute atomic E-state index is 10.7. The summed E-state index contributed by atoms with van der Waals surface area (Å²) in [4.78, 5) is 10.7. The Labute approximate surface area is 168 Å². The van der Waals surface area contributed by atoms with Gasteiger partial charge in [0.05, 0.1) is 19.6 Å². The summed E-state index contributed by atoms with van der Waals surface area (Å²) in [5, 5.41) is 21.5. The summed E-state index contributed by atoms with van der Waals surface area (Å²) < 4.78 is 0.974. The van der Waals surface area contributed by atoms with Crippen LogP contribution in [0.4, 0.5) is 0 Å². The van der Waals surface area contributed by atoms with Crippen molar-refractivity contribution < 1.29 is 19.5 Å². The lowest BCUT2D eigenvalue weighted by Crippen LogP contribution is -2.54. The zero-order chi connectivity index (χ0) is 20.4. The number of aliphatic carboxylic acids is 1. The Balaban J connectivity index is 4.83. The number of carbonyl (C=O) groups excluding carboxylic acids is 1. The maximum atomic E-state index is 10.7. The van der Waals surface area contributed by atoms with Crippen LogP contribution in [0, 0.1) is 0 Å². The number of unbranched alkanes of at least 4 members (excludes halogenated alkanes) is 8. The quantitative estimate of drug-likeness (QED) is 0.249. The molecular weight excluding hydrogens is 338 g/mol. The van der Waals surface area contributed by atoms with Gasteiger partial charge < -0.3 is 19.5 Å². The van der Waals surface area contributed by atoms with Crippen molar-refractivity contribution >= 4 is 5.97 Å². The van der Waals surface area contributed by atoms with Crippen LogP contribution in [0.3, 0.4) is 0 Å². The summed E-state index contributed by atoms with van der Waals surface area (Å²) in [6, 6.07) is 0. The Morgan fingerprint density at radius 2 is 1.26 bits per heavy atom. The average molecular weight is 386 g/mol. The van der Waals surface area contributed by atoms with Gasteiger partial charge in [0, 0.05) is 5.97 Å². The van der Waals surface area contributed by atoms with Gasteiger partial charge in [-0.15, -0.1) is 0 Å². The van der Waals surface area contributed by atoms with Gasteiger partial charge in [0.1, 0.15) is 12.6 Å². The van der Waals surface area contributed by atoms with E-state index in [1.807, 2.05) is 0 Å². The first-order valence-electron chi connectivity index (χ1n) is 11.7.